The summed E-state index contributed by atoms with van der Waals surface area (Å²) in [6.07, 6.45) is 3.28. The van der Waals surface area contributed by atoms with E-state index in [9.17, 15) is 39.0 Å². The number of ether oxygens (including phenoxy) is 2. The van der Waals surface area contributed by atoms with Crippen molar-refractivity contribution < 1.29 is 48.5 Å². The topological polar surface area (TPSA) is 197 Å². The summed E-state index contributed by atoms with van der Waals surface area (Å²) >= 11 is 0. The van der Waals surface area contributed by atoms with Crippen LogP contribution in [0.25, 0.3) is 0 Å². The van der Waals surface area contributed by atoms with Crippen LogP contribution in [0.1, 0.15) is 78.1 Å². The van der Waals surface area contributed by atoms with Crippen LogP contribution < -0.4 is 16.0 Å². The molecule has 2 unspecified atom stereocenters. The second kappa shape index (κ2) is 22.0. The molecule has 0 fully saturated rings. The zero-order valence-electron chi connectivity index (χ0n) is 22.4. The Bertz CT molecular complexity index is 760. The van der Waals surface area contributed by atoms with Crippen LogP contribution >= 0.6 is 0 Å². The molecule has 13 nitrogen and oxygen atoms in total. The van der Waals surface area contributed by atoms with Crippen LogP contribution in [0.2, 0.25) is 0 Å². The van der Waals surface area contributed by atoms with E-state index >= 15 is 0 Å². The van der Waals surface area contributed by atoms with Gasteiger partial charge in [0.2, 0.25) is 17.7 Å². The third-order valence-electron chi connectivity index (χ3n) is 5.37. The number of carboxylic acid groups (broad SMARTS) is 2. The predicted octanol–water partition coefficient (Wildman–Crippen LogP) is 0.785. The molecule has 0 heterocycles. The van der Waals surface area contributed by atoms with Gasteiger partial charge in [0.1, 0.15) is 24.5 Å². The second-order valence-electron chi connectivity index (χ2n) is 8.71. The lowest BCUT2D eigenvalue weighted by molar-refractivity contribution is -0.143. The van der Waals surface area contributed by atoms with E-state index in [1.54, 1.807) is 6.92 Å². The molecule has 0 bridgehead atoms. The summed E-state index contributed by atoms with van der Waals surface area (Å²) in [6, 6.07) is -2.13. The van der Waals surface area contributed by atoms with Gasteiger partial charge in [0.25, 0.3) is 0 Å². The van der Waals surface area contributed by atoms with Gasteiger partial charge in [-0.05, 0) is 38.5 Å². The van der Waals surface area contributed by atoms with Gasteiger partial charge in [-0.1, -0.05) is 13.8 Å². The molecule has 0 aromatic heterocycles. The van der Waals surface area contributed by atoms with Crippen molar-refractivity contribution in [3.63, 3.8) is 0 Å². The number of Topliss-reactive ketones (excluding diaryl/α,β-unsaturated/α-hetero) is 1. The molecule has 5 N–H and O–H groups in total. The van der Waals surface area contributed by atoms with Crippen LogP contribution in [0.4, 0.5) is 0 Å². The summed E-state index contributed by atoms with van der Waals surface area (Å²) < 4.78 is 10.5. The maximum atomic E-state index is 12.0. The largest absolute Gasteiger partial charge is 0.480 e. The lowest BCUT2D eigenvalue weighted by atomic mass is 10.1. The van der Waals surface area contributed by atoms with Crippen molar-refractivity contribution in [1.82, 2.24) is 16.0 Å². The third kappa shape index (κ3) is 19.1. The Hall–Kier alpha value is -3.06. The van der Waals surface area contributed by atoms with Crippen LogP contribution in [0.3, 0.4) is 0 Å². The van der Waals surface area contributed by atoms with Gasteiger partial charge in [0.05, 0.1) is 13.2 Å². The minimum Gasteiger partial charge on any atom is -0.480 e. The van der Waals surface area contributed by atoms with Crippen LogP contribution in [-0.4, -0.2) is 90.7 Å². The van der Waals surface area contributed by atoms with E-state index < -0.39 is 29.9 Å². The number of carbonyl (C=O) groups excluding carboxylic acids is 4. The van der Waals surface area contributed by atoms with Gasteiger partial charge in [0.15, 0.2) is 0 Å². The van der Waals surface area contributed by atoms with Gasteiger partial charge >= 0.3 is 11.9 Å². The Kier molecular flexibility index (Phi) is 20.2. The van der Waals surface area contributed by atoms with E-state index in [1.165, 1.54) is 0 Å². The van der Waals surface area contributed by atoms with E-state index in [1.807, 2.05) is 6.92 Å². The summed E-state index contributed by atoms with van der Waals surface area (Å²) in [7, 11) is 0. The second-order valence-corrected chi connectivity index (χ2v) is 8.71. The lowest BCUT2D eigenvalue weighted by Crippen LogP contribution is -2.42. The fraction of sp³-hybridized carbons (Fsp3) is 0.760. The summed E-state index contributed by atoms with van der Waals surface area (Å²) in [6.45, 7) is 4.24. The van der Waals surface area contributed by atoms with Gasteiger partial charge in [-0.3, -0.25) is 19.2 Å². The predicted molar refractivity (Wildman–Crippen MR) is 136 cm³/mol. The van der Waals surface area contributed by atoms with Crippen molar-refractivity contribution in [1.29, 1.82) is 0 Å². The third-order valence-corrected chi connectivity index (χ3v) is 5.37. The molecule has 38 heavy (non-hydrogen) atoms. The molecule has 0 aliphatic carbocycles. The maximum Gasteiger partial charge on any atom is 0.326 e. The molecule has 0 aromatic rings. The molecule has 0 rings (SSSR count). The molecule has 3 amide bonds. The zero-order chi connectivity index (χ0) is 28.8. The fourth-order valence-electron chi connectivity index (χ4n) is 3.26. The van der Waals surface area contributed by atoms with Crippen LogP contribution in [-0.2, 0) is 38.2 Å². The molecule has 13 heteroatoms. The number of rotatable bonds is 24. The lowest BCUT2D eigenvalue weighted by Gasteiger charge is -2.15. The van der Waals surface area contributed by atoms with E-state index in [0.717, 1.165) is 0 Å². The molecule has 0 radical (unpaired) electrons. The number of hydrogen-bond acceptors (Lipinski definition) is 8. The van der Waals surface area contributed by atoms with E-state index in [4.69, 9.17) is 9.47 Å². The summed E-state index contributed by atoms with van der Waals surface area (Å²) in [5.41, 5.74) is 0. The van der Waals surface area contributed by atoms with E-state index in [-0.39, 0.29) is 76.1 Å². The Morgan fingerprint density at radius 1 is 0.684 bits per heavy atom. The fourth-order valence-corrected chi connectivity index (χ4v) is 3.26. The van der Waals surface area contributed by atoms with Gasteiger partial charge in [-0.2, -0.15) is 0 Å². The van der Waals surface area contributed by atoms with Crippen molar-refractivity contribution in [2.45, 2.75) is 90.1 Å². The summed E-state index contributed by atoms with van der Waals surface area (Å²) in [5.74, 6) is -3.43. The maximum absolute atomic E-state index is 12.0. The van der Waals surface area contributed by atoms with Crippen LogP contribution in [0.15, 0.2) is 0 Å². The highest BCUT2D eigenvalue weighted by Gasteiger charge is 2.21. The number of ketones is 1. The van der Waals surface area contributed by atoms with Crippen molar-refractivity contribution in [2.24, 2.45) is 0 Å². The molecule has 0 saturated carbocycles. The van der Waals surface area contributed by atoms with Gasteiger partial charge in [-0.25, -0.2) is 9.59 Å². The van der Waals surface area contributed by atoms with Crippen LogP contribution in [0.5, 0.6) is 0 Å². The number of nitrogens with one attached hydrogen (secondary N) is 3. The van der Waals surface area contributed by atoms with E-state index in [0.29, 0.717) is 38.6 Å². The Morgan fingerprint density at radius 2 is 1.32 bits per heavy atom. The Balaban J connectivity index is 3.91. The number of carboxylic acids is 2. The molecule has 0 aliphatic heterocycles. The monoisotopic (exact) mass is 545 g/mol. The first kappa shape index (κ1) is 34.9. The molecule has 0 aromatic carbocycles. The van der Waals surface area contributed by atoms with Crippen molar-refractivity contribution in [3.8, 4) is 0 Å². The standard InChI is InChI=1S/C25H43N3O10/c1-3-8-22(31)27-20(25(35)36)12-11-18(29)9-7-14-37-15-16-38-17-23(32)28-19(24(33)34)10-5-6-13-26-21(30)4-2/h19-20H,3-17H2,1-2H3,(H,26,30)(H,27,31)(H,28,32)(H,33,34)(H,35,36). The first-order valence-electron chi connectivity index (χ1n) is 13.1. The average molecular weight is 546 g/mol. The summed E-state index contributed by atoms with van der Waals surface area (Å²) in [4.78, 5) is 69.2. The highest BCUT2D eigenvalue weighted by molar-refractivity contribution is 5.85. The molecule has 0 spiro atoms. The molecule has 218 valence electrons. The highest BCUT2D eigenvalue weighted by atomic mass is 16.5. The highest BCUT2D eigenvalue weighted by Crippen LogP contribution is 2.05. The Morgan fingerprint density at radius 3 is 1.95 bits per heavy atom. The van der Waals surface area contributed by atoms with Crippen molar-refractivity contribution in [2.75, 3.05) is 33.0 Å². The first-order chi connectivity index (χ1) is 18.1. The Labute approximate surface area is 223 Å². The zero-order valence-corrected chi connectivity index (χ0v) is 22.4. The number of unbranched alkanes of at least 4 members (excludes halogenated alkanes) is 1. The normalized spacial score (nSPS) is 12.3. The quantitative estimate of drug-likeness (QED) is 0.108. The van der Waals surface area contributed by atoms with Crippen molar-refractivity contribution >= 4 is 35.4 Å². The molecule has 0 aliphatic rings. The minimum absolute atomic E-state index is 0.0281. The molecular weight excluding hydrogens is 502 g/mol. The van der Waals surface area contributed by atoms with Crippen molar-refractivity contribution in [3.05, 3.63) is 0 Å². The van der Waals surface area contributed by atoms with Gasteiger partial charge in [-0.15, -0.1) is 0 Å². The molecular formula is C25H43N3O10. The number of carbonyl (C=O) groups is 6. The molecule has 2 atom stereocenters. The number of amides is 3. The first-order valence-corrected chi connectivity index (χ1v) is 13.1. The number of aliphatic carboxylic acids is 2. The SMILES string of the molecule is CCCC(=O)NC(CCC(=O)CCCOCCOCC(=O)NC(CCCCNC(=O)CC)C(=O)O)C(=O)O. The van der Waals surface area contributed by atoms with Crippen LogP contribution in [0, 0.1) is 0 Å². The average Bonchev–Trinajstić information content (AvgIpc) is 2.86. The summed E-state index contributed by atoms with van der Waals surface area (Å²) in [5, 5.41) is 26.0. The number of hydrogen-bond donors (Lipinski definition) is 5. The van der Waals surface area contributed by atoms with Gasteiger partial charge < -0.3 is 35.6 Å². The minimum atomic E-state index is -1.17. The molecule has 0 saturated heterocycles. The smallest absolute Gasteiger partial charge is 0.326 e. The van der Waals surface area contributed by atoms with Gasteiger partial charge in [0, 0.05) is 38.8 Å². The van der Waals surface area contributed by atoms with E-state index in [2.05, 4.69) is 16.0 Å².